The number of carbonyl (C=O) groups is 1. The zero-order chi connectivity index (χ0) is 19.5. The van der Waals surface area contributed by atoms with Crippen LogP contribution in [0.1, 0.15) is 25.0 Å². The Labute approximate surface area is 160 Å². The topological polar surface area (TPSA) is 66.5 Å². The van der Waals surface area contributed by atoms with Crippen LogP contribution in [0.15, 0.2) is 47.4 Å². The molecule has 0 aliphatic heterocycles. The van der Waals surface area contributed by atoms with Crippen molar-refractivity contribution in [1.29, 1.82) is 0 Å². The van der Waals surface area contributed by atoms with Gasteiger partial charge in [-0.05, 0) is 57.5 Å². The maximum Gasteiger partial charge on any atom is 0.264 e. The number of sulfonamides is 1. The largest absolute Gasteiger partial charge is 0.352 e. The van der Waals surface area contributed by atoms with Crippen LogP contribution in [0.4, 0.5) is 5.69 Å². The van der Waals surface area contributed by atoms with E-state index >= 15 is 0 Å². The first-order chi connectivity index (χ1) is 12.1. The second kappa shape index (κ2) is 8.10. The molecule has 0 aliphatic rings. The number of hydrogen-bond donors (Lipinski definition) is 1. The average molecular weight is 395 g/mol. The highest BCUT2D eigenvalue weighted by Crippen LogP contribution is 2.28. The van der Waals surface area contributed by atoms with E-state index in [-0.39, 0.29) is 23.4 Å². The van der Waals surface area contributed by atoms with Gasteiger partial charge in [0.05, 0.1) is 10.6 Å². The van der Waals surface area contributed by atoms with Gasteiger partial charge < -0.3 is 5.32 Å². The predicted molar refractivity (Wildman–Crippen MR) is 105 cm³/mol. The van der Waals surface area contributed by atoms with E-state index in [0.29, 0.717) is 10.7 Å². The Kier molecular flexibility index (Phi) is 6.31. The van der Waals surface area contributed by atoms with Crippen LogP contribution < -0.4 is 9.62 Å². The summed E-state index contributed by atoms with van der Waals surface area (Å²) in [5.41, 5.74) is 2.13. The van der Waals surface area contributed by atoms with Crippen molar-refractivity contribution >= 4 is 33.2 Å². The molecule has 0 unspecified atom stereocenters. The van der Waals surface area contributed by atoms with Crippen molar-refractivity contribution < 1.29 is 13.2 Å². The number of benzene rings is 2. The molecule has 0 saturated heterocycles. The molecule has 0 radical (unpaired) electrons. The molecule has 0 fully saturated rings. The first-order valence-electron chi connectivity index (χ1n) is 8.26. The van der Waals surface area contributed by atoms with E-state index in [4.69, 9.17) is 11.6 Å². The Balaban J connectivity index is 2.49. The molecule has 7 heteroatoms. The first-order valence-corrected chi connectivity index (χ1v) is 10.1. The van der Waals surface area contributed by atoms with Crippen molar-refractivity contribution in [2.75, 3.05) is 10.8 Å². The smallest absolute Gasteiger partial charge is 0.264 e. The van der Waals surface area contributed by atoms with Crippen molar-refractivity contribution in [2.24, 2.45) is 0 Å². The van der Waals surface area contributed by atoms with E-state index in [1.165, 1.54) is 12.1 Å². The Bertz CT molecular complexity index is 894. The number of carbonyl (C=O) groups excluding carboxylic acids is 1. The Morgan fingerprint density at radius 3 is 2.27 bits per heavy atom. The van der Waals surface area contributed by atoms with Crippen LogP contribution in [0.2, 0.25) is 5.02 Å². The number of nitrogens with one attached hydrogen (secondary N) is 1. The van der Waals surface area contributed by atoms with Gasteiger partial charge in [-0.2, -0.15) is 0 Å². The highest BCUT2D eigenvalue weighted by atomic mass is 35.5. The minimum atomic E-state index is -3.92. The van der Waals surface area contributed by atoms with Crippen LogP contribution in [0, 0.1) is 13.8 Å². The van der Waals surface area contributed by atoms with Crippen molar-refractivity contribution in [2.45, 2.75) is 38.6 Å². The van der Waals surface area contributed by atoms with Crippen LogP contribution in [0.3, 0.4) is 0 Å². The Hall–Kier alpha value is -2.05. The van der Waals surface area contributed by atoms with Crippen molar-refractivity contribution in [3.8, 4) is 0 Å². The molecule has 1 N–H and O–H groups in total. The van der Waals surface area contributed by atoms with Gasteiger partial charge in [0.15, 0.2) is 0 Å². The highest BCUT2D eigenvalue weighted by molar-refractivity contribution is 7.92. The van der Waals surface area contributed by atoms with Crippen LogP contribution in [0.25, 0.3) is 0 Å². The molecule has 1 amide bonds. The quantitative estimate of drug-likeness (QED) is 0.812. The van der Waals surface area contributed by atoms with Crippen molar-refractivity contribution in [3.63, 3.8) is 0 Å². The molecule has 2 aromatic carbocycles. The molecule has 0 aliphatic carbocycles. The maximum atomic E-state index is 13.2. The van der Waals surface area contributed by atoms with Gasteiger partial charge in [0.2, 0.25) is 5.91 Å². The highest BCUT2D eigenvalue weighted by Gasteiger charge is 2.27. The van der Waals surface area contributed by atoms with Crippen LogP contribution in [0.5, 0.6) is 0 Å². The third kappa shape index (κ3) is 4.77. The van der Waals surface area contributed by atoms with E-state index in [2.05, 4.69) is 5.32 Å². The SMILES string of the molecule is Cc1ccc(S(=O)(=O)N(CC(=O)NC(C)C)c2ccc(C)c(Cl)c2)cc1. The summed E-state index contributed by atoms with van der Waals surface area (Å²) in [6, 6.07) is 11.4. The molecule has 0 bridgehead atoms. The van der Waals surface area contributed by atoms with Gasteiger partial charge in [-0.15, -0.1) is 0 Å². The van der Waals surface area contributed by atoms with Gasteiger partial charge in [0, 0.05) is 11.1 Å². The van der Waals surface area contributed by atoms with Crippen molar-refractivity contribution in [1.82, 2.24) is 5.32 Å². The lowest BCUT2D eigenvalue weighted by Crippen LogP contribution is -2.42. The molecule has 140 valence electrons. The number of nitrogens with zero attached hydrogens (tertiary/aromatic N) is 1. The normalized spacial score (nSPS) is 11.5. The summed E-state index contributed by atoms with van der Waals surface area (Å²) >= 11 is 6.17. The fraction of sp³-hybridized carbons (Fsp3) is 0.316. The van der Waals surface area contributed by atoms with E-state index in [0.717, 1.165) is 15.4 Å². The van der Waals surface area contributed by atoms with Gasteiger partial charge in [-0.25, -0.2) is 8.42 Å². The van der Waals surface area contributed by atoms with Gasteiger partial charge >= 0.3 is 0 Å². The Morgan fingerprint density at radius 1 is 1.12 bits per heavy atom. The summed E-state index contributed by atoms with van der Waals surface area (Å²) in [6.07, 6.45) is 0. The number of hydrogen-bond acceptors (Lipinski definition) is 3. The molecule has 0 heterocycles. The molecular weight excluding hydrogens is 372 g/mol. The molecule has 0 saturated carbocycles. The zero-order valence-electron chi connectivity index (χ0n) is 15.3. The fourth-order valence-electron chi connectivity index (χ4n) is 2.39. The van der Waals surface area contributed by atoms with E-state index in [9.17, 15) is 13.2 Å². The molecule has 5 nitrogen and oxygen atoms in total. The molecule has 0 aromatic heterocycles. The molecule has 2 aromatic rings. The minimum Gasteiger partial charge on any atom is -0.352 e. The summed E-state index contributed by atoms with van der Waals surface area (Å²) in [5, 5.41) is 3.16. The molecule has 0 spiro atoms. The maximum absolute atomic E-state index is 13.2. The summed E-state index contributed by atoms with van der Waals surface area (Å²) in [5.74, 6) is -0.382. The summed E-state index contributed by atoms with van der Waals surface area (Å²) in [6.45, 7) is 7.02. The second-order valence-electron chi connectivity index (χ2n) is 6.48. The average Bonchev–Trinajstić information content (AvgIpc) is 2.55. The van der Waals surface area contributed by atoms with E-state index < -0.39 is 10.0 Å². The zero-order valence-corrected chi connectivity index (χ0v) is 16.9. The number of amides is 1. The van der Waals surface area contributed by atoms with Gasteiger partial charge in [-0.3, -0.25) is 9.10 Å². The third-order valence-electron chi connectivity index (χ3n) is 3.79. The molecule has 2 rings (SSSR count). The Morgan fingerprint density at radius 2 is 1.73 bits per heavy atom. The predicted octanol–water partition coefficient (Wildman–Crippen LogP) is 3.68. The van der Waals surface area contributed by atoms with Crippen LogP contribution in [-0.4, -0.2) is 26.9 Å². The standard InChI is InChI=1S/C19H23ClN2O3S/c1-13(2)21-19(23)12-22(16-8-7-15(4)18(20)11-16)26(24,25)17-9-5-14(3)6-10-17/h5-11,13H,12H2,1-4H3,(H,21,23). The van der Waals surface area contributed by atoms with E-state index in [1.54, 1.807) is 30.3 Å². The van der Waals surface area contributed by atoms with Gasteiger partial charge in [-0.1, -0.05) is 35.4 Å². The second-order valence-corrected chi connectivity index (χ2v) is 8.75. The lowest BCUT2D eigenvalue weighted by Gasteiger charge is -2.25. The number of aryl methyl sites for hydroxylation is 2. The number of rotatable bonds is 6. The molecule has 0 atom stereocenters. The van der Waals surface area contributed by atoms with Gasteiger partial charge in [0.1, 0.15) is 6.54 Å². The van der Waals surface area contributed by atoms with Crippen LogP contribution >= 0.6 is 11.6 Å². The van der Waals surface area contributed by atoms with E-state index in [1.807, 2.05) is 27.7 Å². The number of halogens is 1. The first kappa shape index (κ1) is 20.3. The lowest BCUT2D eigenvalue weighted by atomic mass is 10.2. The third-order valence-corrected chi connectivity index (χ3v) is 5.98. The molecule has 26 heavy (non-hydrogen) atoms. The summed E-state index contributed by atoms with van der Waals surface area (Å²) < 4.78 is 27.4. The fourth-order valence-corrected chi connectivity index (χ4v) is 3.98. The van der Waals surface area contributed by atoms with Crippen LogP contribution in [-0.2, 0) is 14.8 Å². The summed E-state index contributed by atoms with van der Waals surface area (Å²) in [7, 11) is -3.92. The van der Waals surface area contributed by atoms with Gasteiger partial charge in [0.25, 0.3) is 10.0 Å². The number of anilines is 1. The monoisotopic (exact) mass is 394 g/mol. The van der Waals surface area contributed by atoms with Crippen molar-refractivity contribution in [3.05, 3.63) is 58.6 Å². The molecular formula is C19H23ClN2O3S. The summed E-state index contributed by atoms with van der Waals surface area (Å²) in [4.78, 5) is 12.4. The minimum absolute atomic E-state index is 0.0898. The lowest BCUT2D eigenvalue weighted by molar-refractivity contribution is -0.120.